The van der Waals surface area contributed by atoms with E-state index in [0.29, 0.717) is 17.1 Å². The van der Waals surface area contributed by atoms with Crippen molar-refractivity contribution in [2.75, 3.05) is 0 Å². The number of carboxylic acid groups (broad SMARTS) is 1. The van der Waals surface area contributed by atoms with Crippen molar-refractivity contribution in [2.24, 2.45) is 0 Å². The number of aromatic nitrogens is 2. The van der Waals surface area contributed by atoms with E-state index >= 15 is 0 Å². The molecule has 0 aromatic carbocycles. The minimum Gasteiger partial charge on any atom is -0.478 e. The summed E-state index contributed by atoms with van der Waals surface area (Å²) in [7, 11) is 0. The van der Waals surface area contributed by atoms with Crippen LogP contribution in [0.4, 0.5) is 0 Å². The van der Waals surface area contributed by atoms with E-state index in [2.05, 4.69) is 10.2 Å². The molecule has 0 atom stereocenters. The monoisotopic (exact) mass is 204 g/mol. The first-order valence-electron chi connectivity index (χ1n) is 4.30. The standard InChI is InChI=1S/C10H8N2O3/c1-6-7(10(13)14)5-8(12-11-6)9-3-2-4-15-9/h2-5H,1H3,(H,13,14). The molecular weight excluding hydrogens is 196 g/mol. The lowest BCUT2D eigenvalue weighted by molar-refractivity contribution is 0.0695. The molecule has 0 radical (unpaired) electrons. The molecule has 0 bridgehead atoms. The molecule has 0 aliphatic heterocycles. The van der Waals surface area contributed by atoms with Gasteiger partial charge in [0.2, 0.25) is 0 Å². The third-order valence-corrected chi connectivity index (χ3v) is 1.98. The molecule has 76 valence electrons. The highest BCUT2D eigenvalue weighted by molar-refractivity contribution is 5.89. The average Bonchev–Trinajstić information content (AvgIpc) is 2.71. The Kier molecular flexibility index (Phi) is 2.21. The molecule has 5 heteroatoms. The fraction of sp³-hybridized carbons (Fsp3) is 0.100. The number of carboxylic acids is 1. The van der Waals surface area contributed by atoms with Crippen LogP contribution < -0.4 is 0 Å². The van der Waals surface area contributed by atoms with E-state index in [1.54, 1.807) is 19.1 Å². The van der Waals surface area contributed by atoms with E-state index in [1.807, 2.05) is 0 Å². The van der Waals surface area contributed by atoms with Gasteiger partial charge in [0, 0.05) is 0 Å². The maximum atomic E-state index is 10.8. The van der Waals surface area contributed by atoms with Gasteiger partial charge < -0.3 is 9.52 Å². The summed E-state index contributed by atoms with van der Waals surface area (Å²) in [4.78, 5) is 10.8. The van der Waals surface area contributed by atoms with E-state index in [1.165, 1.54) is 12.3 Å². The summed E-state index contributed by atoms with van der Waals surface area (Å²) in [5.74, 6) is -0.514. The molecule has 1 N–H and O–H groups in total. The first-order chi connectivity index (χ1) is 7.18. The number of rotatable bonds is 2. The van der Waals surface area contributed by atoms with Crippen LogP contribution in [0.15, 0.2) is 28.9 Å². The highest BCUT2D eigenvalue weighted by Gasteiger charge is 2.12. The largest absolute Gasteiger partial charge is 0.478 e. The summed E-state index contributed by atoms with van der Waals surface area (Å²) in [6, 6.07) is 4.85. The third-order valence-electron chi connectivity index (χ3n) is 1.98. The van der Waals surface area contributed by atoms with Crippen molar-refractivity contribution < 1.29 is 14.3 Å². The molecule has 5 nitrogen and oxygen atoms in total. The van der Waals surface area contributed by atoms with E-state index in [4.69, 9.17) is 9.52 Å². The second-order valence-corrected chi connectivity index (χ2v) is 3.01. The Morgan fingerprint density at radius 3 is 2.87 bits per heavy atom. The lowest BCUT2D eigenvalue weighted by Crippen LogP contribution is -2.03. The average molecular weight is 204 g/mol. The Morgan fingerprint density at radius 2 is 2.27 bits per heavy atom. The van der Waals surface area contributed by atoms with Crippen LogP contribution in [0.5, 0.6) is 0 Å². The highest BCUT2D eigenvalue weighted by atomic mass is 16.4. The summed E-state index contributed by atoms with van der Waals surface area (Å²) in [6.07, 6.45) is 1.50. The van der Waals surface area contributed by atoms with Gasteiger partial charge >= 0.3 is 5.97 Å². The fourth-order valence-corrected chi connectivity index (χ4v) is 1.21. The molecule has 0 spiro atoms. The second kappa shape index (κ2) is 3.53. The van der Waals surface area contributed by atoms with Gasteiger partial charge in [-0.3, -0.25) is 0 Å². The predicted octanol–water partition coefficient (Wildman–Crippen LogP) is 1.74. The van der Waals surface area contributed by atoms with Crippen LogP contribution in [0.25, 0.3) is 11.5 Å². The van der Waals surface area contributed by atoms with Crippen molar-refractivity contribution in [3.8, 4) is 11.5 Å². The molecule has 0 fully saturated rings. The van der Waals surface area contributed by atoms with Crippen molar-refractivity contribution in [1.82, 2.24) is 10.2 Å². The van der Waals surface area contributed by atoms with E-state index in [-0.39, 0.29) is 5.56 Å². The van der Waals surface area contributed by atoms with Crippen LogP contribution in [0, 0.1) is 6.92 Å². The molecule has 0 aliphatic rings. The fourth-order valence-electron chi connectivity index (χ4n) is 1.21. The zero-order valence-electron chi connectivity index (χ0n) is 7.97. The number of aryl methyl sites for hydroxylation is 1. The minimum absolute atomic E-state index is 0.136. The zero-order valence-corrected chi connectivity index (χ0v) is 7.97. The number of aromatic carboxylic acids is 1. The Morgan fingerprint density at radius 1 is 1.47 bits per heavy atom. The molecule has 0 amide bonds. The molecule has 0 saturated carbocycles. The second-order valence-electron chi connectivity index (χ2n) is 3.01. The van der Waals surface area contributed by atoms with Crippen LogP contribution in [-0.4, -0.2) is 21.3 Å². The number of carbonyl (C=O) groups is 1. The van der Waals surface area contributed by atoms with Crippen molar-refractivity contribution in [2.45, 2.75) is 6.92 Å². The maximum absolute atomic E-state index is 10.8. The zero-order chi connectivity index (χ0) is 10.8. The van der Waals surface area contributed by atoms with Gasteiger partial charge in [-0.25, -0.2) is 4.79 Å². The molecular formula is C10H8N2O3. The molecule has 2 aromatic rings. The topological polar surface area (TPSA) is 76.2 Å². The summed E-state index contributed by atoms with van der Waals surface area (Å²) in [6.45, 7) is 1.60. The van der Waals surface area contributed by atoms with Gasteiger partial charge in [-0.05, 0) is 25.1 Å². The Bertz CT molecular complexity index is 491. The minimum atomic E-state index is -1.02. The molecule has 2 aromatic heterocycles. The maximum Gasteiger partial charge on any atom is 0.337 e. The first-order valence-corrected chi connectivity index (χ1v) is 4.30. The van der Waals surface area contributed by atoms with Gasteiger partial charge in [-0.1, -0.05) is 0 Å². The van der Waals surface area contributed by atoms with Crippen molar-refractivity contribution in [3.63, 3.8) is 0 Å². The van der Waals surface area contributed by atoms with E-state index < -0.39 is 5.97 Å². The van der Waals surface area contributed by atoms with Gasteiger partial charge in [0.25, 0.3) is 0 Å². The van der Waals surface area contributed by atoms with Crippen LogP contribution >= 0.6 is 0 Å². The van der Waals surface area contributed by atoms with E-state index in [0.717, 1.165) is 0 Å². The van der Waals surface area contributed by atoms with Crippen molar-refractivity contribution in [1.29, 1.82) is 0 Å². The normalized spacial score (nSPS) is 10.2. The lowest BCUT2D eigenvalue weighted by atomic mass is 10.2. The summed E-state index contributed by atoms with van der Waals surface area (Å²) < 4.78 is 5.10. The van der Waals surface area contributed by atoms with Crippen molar-refractivity contribution >= 4 is 5.97 Å². The molecule has 0 saturated heterocycles. The predicted molar refractivity (Wildman–Crippen MR) is 51.4 cm³/mol. The van der Waals surface area contributed by atoms with Crippen LogP contribution in [-0.2, 0) is 0 Å². The van der Waals surface area contributed by atoms with Gasteiger partial charge in [0.05, 0.1) is 17.5 Å². The smallest absolute Gasteiger partial charge is 0.337 e. The Hall–Kier alpha value is -2.17. The van der Waals surface area contributed by atoms with Crippen LogP contribution in [0.2, 0.25) is 0 Å². The van der Waals surface area contributed by atoms with Crippen LogP contribution in [0.3, 0.4) is 0 Å². The number of hydrogen-bond acceptors (Lipinski definition) is 4. The number of furan rings is 1. The quantitative estimate of drug-likeness (QED) is 0.806. The van der Waals surface area contributed by atoms with E-state index in [9.17, 15) is 4.79 Å². The number of nitrogens with zero attached hydrogens (tertiary/aromatic N) is 2. The summed E-state index contributed by atoms with van der Waals surface area (Å²) >= 11 is 0. The molecule has 2 rings (SSSR count). The van der Waals surface area contributed by atoms with Gasteiger partial charge in [0.1, 0.15) is 5.69 Å². The Labute approximate surface area is 85.4 Å². The summed E-state index contributed by atoms with van der Waals surface area (Å²) in [5.41, 5.74) is 0.942. The Balaban J connectivity index is 2.52. The lowest BCUT2D eigenvalue weighted by Gasteiger charge is -2.00. The number of hydrogen-bond donors (Lipinski definition) is 1. The van der Waals surface area contributed by atoms with Gasteiger partial charge in [-0.15, -0.1) is 5.10 Å². The summed E-state index contributed by atoms with van der Waals surface area (Å²) in [5, 5.41) is 16.5. The SMILES string of the molecule is Cc1nnc(-c2ccco2)cc1C(=O)O. The third kappa shape index (κ3) is 1.71. The van der Waals surface area contributed by atoms with Crippen molar-refractivity contribution in [3.05, 3.63) is 35.7 Å². The molecule has 0 unspecified atom stereocenters. The highest BCUT2D eigenvalue weighted by Crippen LogP contribution is 2.18. The van der Waals surface area contributed by atoms with Crippen LogP contribution in [0.1, 0.15) is 16.1 Å². The first kappa shape index (κ1) is 9.39. The van der Waals surface area contributed by atoms with Gasteiger partial charge in [0.15, 0.2) is 5.76 Å². The molecule has 0 aliphatic carbocycles. The molecule has 15 heavy (non-hydrogen) atoms. The van der Waals surface area contributed by atoms with Gasteiger partial charge in [-0.2, -0.15) is 5.10 Å². The molecule has 2 heterocycles.